The van der Waals surface area contributed by atoms with E-state index in [0.29, 0.717) is 25.0 Å². The number of aliphatic hydroxyl groups is 1. The van der Waals surface area contributed by atoms with E-state index < -0.39 is 30.3 Å². The summed E-state index contributed by atoms with van der Waals surface area (Å²) < 4.78 is 46.2. The Morgan fingerprint density at radius 2 is 2.08 bits per heavy atom. The van der Waals surface area contributed by atoms with Crippen LogP contribution >= 0.6 is 0 Å². The Balaban J connectivity index is 1.80. The molecule has 3 rings (SSSR count). The van der Waals surface area contributed by atoms with Crippen LogP contribution < -0.4 is 4.74 Å². The van der Waals surface area contributed by atoms with Crippen LogP contribution in [-0.2, 0) is 4.79 Å². The number of hydrogen-bond acceptors (Lipinski definition) is 4. The fraction of sp³-hybridized carbons (Fsp3) is 0.556. The Kier molecular flexibility index (Phi) is 4.72. The van der Waals surface area contributed by atoms with Crippen molar-refractivity contribution < 1.29 is 27.8 Å². The molecule has 0 spiro atoms. The van der Waals surface area contributed by atoms with Crippen molar-refractivity contribution in [3.8, 4) is 5.75 Å². The van der Waals surface area contributed by atoms with Crippen molar-refractivity contribution in [3.63, 3.8) is 0 Å². The molecule has 2 aliphatic rings. The van der Waals surface area contributed by atoms with Gasteiger partial charge < -0.3 is 9.84 Å². The minimum atomic E-state index is -5.00. The van der Waals surface area contributed by atoms with Crippen LogP contribution in [0.3, 0.4) is 0 Å². The molecule has 0 unspecified atom stereocenters. The number of nitrogens with zero attached hydrogens (tertiary/aromatic N) is 2. The standard InChI is InChI=1S/C18H21F3N2O3/c1-11-7-8-13(9-12(11)2)26-10-16(24)23-17(25,18(19,20)21)14-5-3-4-6-15(14)22-23/h7-9,14,25H,3-6,10H2,1-2H3/t14-,17+/m0/s1. The molecule has 1 N–H and O–H groups in total. The van der Waals surface area contributed by atoms with Crippen LogP contribution in [0.5, 0.6) is 5.75 Å². The third kappa shape index (κ3) is 3.06. The fourth-order valence-corrected chi connectivity index (χ4v) is 3.47. The van der Waals surface area contributed by atoms with Crippen molar-refractivity contribution in [1.29, 1.82) is 0 Å². The topological polar surface area (TPSA) is 62.1 Å². The molecule has 1 aromatic carbocycles. The van der Waals surface area contributed by atoms with E-state index in [0.717, 1.165) is 11.1 Å². The highest BCUT2D eigenvalue weighted by atomic mass is 19.4. The molecule has 0 radical (unpaired) electrons. The lowest BCUT2D eigenvalue weighted by Crippen LogP contribution is -2.62. The van der Waals surface area contributed by atoms with Crippen molar-refractivity contribution in [2.24, 2.45) is 11.0 Å². The molecule has 0 aromatic heterocycles. The highest BCUT2D eigenvalue weighted by molar-refractivity contribution is 5.93. The van der Waals surface area contributed by atoms with Crippen molar-refractivity contribution in [2.75, 3.05) is 6.61 Å². The highest BCUT2D eigenvalue weighted by Gasteiger charge is 2.68. The quantitative estimate of drug-likeness (QED) is 0.888. The summed E-state index contributed by atoms with van der Waals surface area (Å²) in [7, 11) is 0. The number of carbonyl (C=O) groups is 1. The number of halogens is 3. The molecule has 1 heterocycles. The molecular formula is C18H21F3N2O3. The van der Waals surface area contributed by atoms with Crippen molar-refractivity contribution >= 4 is 11.6 Å². The van der Waals surface area contributed by atoms with E-state index in [2.05, 4.69) is 5.10 Å². The number of hydrazone groups is 1. The van der Waals surface area contributed by atoms with Gasteiger partial charge in [-0.05, 0) is 56.4 Å². The van der Waals surface area contributed by atoms with Gasteiger partial charge in [0.05, 0.1) is 5.92 Å². The number of alkyl halides is 3. The maximum absolute atomic E-state index is 13.6. The van der Waals surface area contributed by atoms with Gasteiger partial charge in [-0.25, -0.2) is 0 Å². The largest absolute Gasteiger partial charge is 0.484 e. The molecule has 1 aliphatic carbocycles. The van der Waals surface area contributed by atoms with Crippen molar-refractivity contribution in [2.45, 2.75) is 51.4 Å². The second-order valence-corrected chi connectivity index (χ2v) is 6.85. The smallest absolute Gasteiger partial charge is 0.439 e. The Hall–Kier alpha value is -2.09. The molecule has 1 fully saturated rings. The average molecular weight is 370 g/mol. The maximum atomic E-state index is 13.6. The molecule has 26 heavy (non-hydrogen) atoms. The number of carbonyl (C=O) groups excluding carboxylic acids is 1. The Morgan fingerprint density at radius 1 is 1.35 bits per heavy atom. The van der Waals surface area contributed by atoms with Crippen LogP contribution in [0, 0.1) is 19.8 Å². The number of ether oxygens (including phenoxy) is 1. The summed E-state index contributed by atoms with van der Waals surface area (Å²) in [6.45, 7) is 3.14. The van der Waals surface area contributed by atoms with Crippen LogP contribution in [0.2, 0.25) is 0 Å². The number of hydrogen-bond donors (Lipinski definition) is 1. The van der Waals surface area contributed by atoms with E-state index in [1.165, 1.54) is 0 Å². The molecular weight excluding hydrogens is 349 g/mol. The summed E-state index contributed by atoms with van der Waals surface area (Å²) in [6, 6.07) is 5.14. The summed E-state index contributed by atoms with van der Waals surface area (Å²) in [5, 5.41) is 14.4. The van der Waals surface area contributed by atoms with E-state index in [1.54, 1.807) is 18.2 Å². The zero-order chi connectivity index (χ0) is 19.1. The van der Waals surface area contributed by atoms with Crippen LogP contribution in [0.4, 0.5) is 13.2 Å². The molecule has 8 heteroatoms. The van der Waals surface area contributed by atoms with Gasteiger partial charge in [-0.2, -0.15) is 23.3 Å². The Bertz CT molecular complexity index is 748. The lowest BCUT2D eigenvalue weighted by Gasteiger charge is -2.38. The van der Waals surface area contributed by atoms with Gasteiger partial charge >= 0.3 is 6.18 Å². The number of aryl methyl sites for hydroxylation is 2. The van der Waals surface area contributed by atoms with Crippen LogP contribution in [0.25, 0.3) is 0 Å². The molecule has 5 nitrogen and oxygen atoms in total. The van der Waals surface area contributed by atoms with Crippen LogP contribution in [0.15, 0.2) is 23.3 Å². The van der Waals surface area contributed by atoms with Gasteiger partial charge in [0.1, 0.15) is 5.75 Å². The number of benzene rings is 1. The van der Waals surface area contributed by atoms with Crippen molar-refractivity contribution in [1.82, 2.24) is 5.01 Å². The first-order valence-electron chi connectivity index (χ1n) is 8.54. The zero-order valence-corrected chi connectivity index (χ0v) is 14.6. The third-order valence-electron chi connectivity index (χ3n) is 5.11. The maximum Gasteiger partial charge on any atom is 0.439 e. The highest BCUT2D eigenvalue weighted by Crippen LogP contribution is 2.48. The molecule has 0 saturated heterocycles. The fourth-order valence-electron chi connectivity index (χ4n) is 3.47. The second kappa shape index (κ2) is 6.57. The minimum absolute atomic E-state index is 0.149. The summed E-state index contributed by atoms with van der Waals surface area (Å²) in [5.41, 5.74) is -1.10. The zero-order valence-electron chi connectivity index (χ0n) is 14.6. The van der Waals surface area contributed by atoms with Crippen molar-refractivity contribution in [3.05, 3.63) is 29.3 Å². The number of amides is 1. The third-order valence-corrected chi connectivity index (χ3v) is 5.11. The SMILES string of the molecule is Cc1ccc(OCC(=O)N2N=C3CCCC[C@@H]3[C@@]2(O)C(F)(F)F)cc1C. The number of fused-ring (bicyclic) bond motifs is 1. The molecule has 1 aliphatic heterocycles. The predicted molar refractivity (Wildman–Crippen MR) is 88.7 cm³/mol. The summed E-state index contributed by atoms with van der Waals surface area (Å²) in [4.78, 5) is 12.4. The average Bonchev–Trinajstić information content (AvgIpc) is 2.90. The monoisotopic (exact) mass is 370 g/mol. The lowest BCUT2D eigenvalue weighted by molar-refractivity contribution is -0.317. The van der Waals surface area contributed by atoms with Crippen LogP contribution in [0.1, 0.15) is 36.8 Å². The Morgan fingerprint density at radius 3 is 2.73 bits per heavy atom. The van der Waals surface area contributed by atoms with Crippen LogP contribution in [-0.4, -0.2) is 40.2 Å². The summed E-state index contributed by atoms with van der Waals surface area (Å²) in [5.74, 6) is -1.85. The van der Waals surface area contributed by atoms with E-state index in [9.17, 15) is 23.1 Å². The molecule has 2 atom stereocenters. The first-order valence-corrected chi connectivity index (χ1v) is 8.54. The van der Waals surface area contributed by atoms with Gasteiger partial charge in [0.2, 0.25) is 0 Å². The molecule has 142 valence electrons. The van der Waals surface area contributed by atoms with Gasteiger partial charge in [0.15, 0.2) is 6.61 Å². The first-order chi connectivity index (χ1) is 12.1. The first kappa shape index (κ1) is 18.7. The minimum Gasteiger partial charge on any atom is -0.484 e. The van der Waals surface area contributed by atoms with Gasteiger partial charge in [0, 0.05) is 5.71 Å². The van der Waals surface area contributed by atoms with E-state index in [-0.39, 0.29) is 17.1 Å². The lowest BCUT2D eigenvalue weighted by atomic mass is 9.80. The van der Waals surface area contributed by atoms with E-state index >= 15 is 0 Å². The second-order valence-electron chi connectivity index (χ2n) is 6.85. The molecule has 0 bridgehead atoms. The molecule has 1 amide bonds. The van der Waals surface area contributed by atoms with E-state index in [1.807, 2.05) is 13.8 Å². The van der Waals surface area contributed by atoms with Gasteiger partial charge in [0.25, 0.3) is 11.6 Å². The predicted octanol–water partition coefficient (Wildman–Crippen LogP) is 3.32. The number of rotatable bonds is 3. The van der Waals surface area contributed by atoms with Gasteiger partial charge in [-0.1, -0.05) is 12.5 Å². The summed E-state index contributed by atoms with van der Waals surface area (Å²) in [6.07, 6.45) is -3.24. The van der Waals surface area contributed by atoms with Gasteiger partial charge in [-0.3, -0.25) is 4.79 Å². The van der Waals surface area contributed by atoms with Gasteiger partial charge in [-0.15, -0.1) is 0 Å². The molecule has 1 saturated carbocycles. The van der Waals surface area contributed by atoms with E-state index in [4.69, 9.17) is 4.74 Å². The normalized spacial score (nSPS) is 25.7. The summed E-state index contributed by atoms with van der Waals surface area (Å²) >= 11 is 0. The Labute approximate surface area is 149 Å². The molecule has 1 aromatic rings.